The molecule has 292 valence electrons. The quantitative estimate of drug-likeness (QED) is 0.0674. The van der Waals surface area contributed by atoms with Gasteiger partial charge in [0.1, 0.15) is 18.1 Å². The summed E-state index contributed by atoms with van der Waals surface area (Å²) in [5.41, 5.74) is 7.64. The maximum Gasteiger partial charge on any atom is 0.327 e. The number of nitrogens with zero attached hydrogens (tertiary/aromatic N) is 1. The summed E-state index contributed by atoms with van der Waals surface area (Å²) >= 11 is 0. The molecule has 0 aliphatic rings. The number of aliphatic carboxylic acids is 1. The molecule has 1 aromatic carbocycles. The minimum atomic E-state index is -1.20. The van der Waals surface area contributed by atoms with Crippen LogP contribution in [-0.4, -0.2) is 117 Å². The Balaban J connectivity index is 2.23. The van der Waals surface area contributed by atoms with E-state index in [1.807, 2.05) is 64.0 Å². The molecule has 0 bridgehead atoms. The molecule has 0 aliphatic heterocycles. The third-order valence-electron chi connectivity index (χ3n) is 7.21. The van der Waals surface area contributed by atoms with Crippen LogP contribution in [0.25, 0.3) is 10.9 Å². The standard InChI is InChI=1S/C35H57N7O6S4/c1-34(2,3)51-49-20-24(36)30(44)38-19-29(43)39-26(15-11-12-16-42(7)8)31(45)40-27(17-22-18-37-25-14-10-9-13-23(22)25)32(46)41-28(33(47)48)21-50-52-35(4,5)6/h9-10,13-14,18,24,26-28,37H,11-12,15-17,19-21,36H2,1-8H3,(H,38,44)(H,39,43)(H,40,45)(H,41,46)(H,47,48)/t24-,26-,27-,28-/m0/s1. The molecule has 2 aromatic rings. The van der Waals surface area contributed by atoms with Gasteiger partial charge in [-0.3, -0.25) is 19.2 Å². The molecule has 4 amide bonds. The smallest absolute Gasteiger partial charge is 0.327 e. The van der Waals surface area contributed by atoms with E-state index in [1.54, 1.807) is 17.0 Å². The van der Waals surface area contributed by atoms with Crippen molar-refractivity contribution in [3.8, 4) is 0 Å². The van der Waals surface area contributed by atoms with Crippen molar-refractivity contribution in [3.05, 3.63) is 36.0 Å². The number of H-pyrrole nitrogens is 1. The van der Waals surface area contributed by atoms with Gasteiger partial charge in [-0.15, -0.1) is 0 Å². The molecule has 0 saturated carbocycles. The Bertz CT molecular complexity index is 1480. The predicted molar refractivity (Wildman–Crippen MR) is 218 cm³/mol. The van der Waals surface area contributed by atoms with Crippen molar-refractivity contribution in [2.24, 2.45) is 5.73 Å². The molecule has 13 nitrogen and oxygen atoms in total. The van der Waals surface area contributed by atoms with Crippen molar-refractivity contribution in [2.75, 3.05) is 38.7 Å². The number of rotatable bonds is 22. The van der Waals surface area contributed by atoms with Crippen LogP contribution >= 0.6 is 43.2 Å². The molecule has 0 unspecified atom stereocenters. The van der Waals surface area contributed by atoms with E-state index < -0.39 is 53.8 Å². The van der Waals surface area contributed by atoms with Gasteiger partial charge in [-0.05, 0) is 51.5 Å². The van der Waals surface area contributed by atoms with Gasteiger partial charge < -0.3 is 42.0 Å². The molecule has 0 spiro atoms. The van der Waals surface area contributed by atoms with Crippen LogP contribution < -0.4 is 27.0 Å². The van der Waals surface area contributed by atoms with Crippen molar-refractivity contribution in [1.29, 1.82) is 0 Å². The molecule has 17 heteroatoms. The van der Waals surface area contributed by atoms with E-state index in [0.29, 0.717) is 12.2 Å². The summed E-state index contributed by atoms with van der Waals surface area (Å²) in [6.07, 6.45) is 3.46. The Morgan fingerprint density at radius 3 is 2.04 bits per heavy atom. The fourth-order valence-corrected chi connectivity index (χ4v) is 9.56. The number of carbonyl (C=O) groups is 5. The molecular formula is C35H57N7O6S4. The SMILES string of the molecule is CN(C)CCCC[C@H](NC(=O)CNC(=O)[C@@H](N)CSSC(C)(C)C)C(=O)N[C@@H](Cc1c[nH]c2ccccc12)C(=O)N[C@@H](CSSC(C)(C)C)C(=O)O. The number of fused-ring (bicyclic) bond motifs is 1. The van der Waals surface area contributed by atoms with E-state index in [1.165, 1.54) is 32.4 Å². The third kappa shape index (κ3) is 18.0. The minimum Gasteiger partial charge on any atom is -0.480 e. The van der Waals surface area contributed by atoms with E-state index in [0.717, 1.165) is 29.4 Å². The number of carboxylic acids is 1. The van der Waals surface area contributed by atoms with E-state index >= 15 is 0 Å². The highest BCUT2D eigenvalue weighted by molar-refractivity contribution is 8.77. The fourth-order valence-electron chi connectivity index (χ4n) is 4.68. The zero-order chi connectivity index (χ0) is 39.1. The monoisotopic (exact) mass is 799 g/mol. The van der Waals surface area contributed by atoms with Crippen molar-refractivity contribution >= 4 is 83.7 Å². The maximum absolute atomic E-state index is 13.9. The molecule has 0 fully saturated rings. The van der Waals surface area contributed by atoms with Crippen LogP contribution in [-0.2, 0) is 30.4 Å². The van der Waals surface area contributed by atoms with E-state index in [2.05, 4.69) is 47.0 Å². The minimum absolute atomic E-state index is 0.000259. The van der Waals surface area contributed by atoms with E-state index in [-0.39, 0.29) is 34.6 Å². The van der Waals surface area contributed by atoms with Gasteiger partial charge in [0.25, 0.3) is 0 Å². The van der Waals surface area contributed by atoms with Gasteiger partial charge >= 0.3 is 5.97 Å². The first-order chi connectivity index (χ1) is 24.3. The molecule has 8 N–H and O–H groups in total. The Kier molecular flexibility index (Phi) is 19.3. The summed E-state index contributed by atoms with van der Waals surface area (Å²) in [4.78, 5) is 70.7. The molecule has 0 radical (unpaired) electrons. The van der Waals surface area contributed by atoms with Crippen LogP contribution in [0.15, 0.2) is 30.5 Å². The first-order valence-corrected chi connectivity index (χ1v) is 21.9. The van der Waals surface area contributed by atoms with Gasteiger partial charge in [-0.1, -0.05) is 103 Å². The number of hydrogen-bond donors (Lipinski definition) is 7. The van der Waals surface area contributed by atoms with Crippen LogP contribution in [0, 0.1) is 0 Å². The molecule has 0 aliphatic carbocycles. The van der Waals surface area contributed by atoms with Gasteiger partial charge in [0.05, 0.1) is 12.6 Å². The molecule has 0 saturated heterocycles. The Morgan fingerprint density at radius 1 is 0.827 bits per heavy atom. The number of aromatic nitrogens is 1. The molecule has 2 rings (SSSR count). The number of benzene rings is 1. The number of carbonyl (C=O) groups excluding carboxylic acids is 4. The highest BCUT2D eigenvalue weighted by Crippen LogP contribution is 2.36. The highest BCUT2D eigenvalue weighted by atomic mass is 33.1. The summed E-state index contributed by atoms with van der Waals surface area (Å²) in [6.45, 7) is 12.6. The number of nitrogens with two attached hydrogens (primary N) is 1. The summed E-state index contributed by atoms with van der Waals surface area (Å²) < 4.78 is -0.116. The summed E-state index contributed by atoms with van der Waals surface area (Å²) in [7, 11) is 9.84. The normalized spacial score (nSPS) is 14.3. The number of aromatic amines is 1. The first-order valence-electron chi connectivity index (χ1n) is 17.2. The lowest BCUT2D eigenvalue weighted by atomic mass is 10.0. The zero-order valence-electron chi connectivity index (χ0n) is 31.5. The third-order valence-corrected chi connectivity index (χ3v) is 13.9. The van der Waals surface area contributed by atoms with Gasteiger partial charge in [0.15, 0.2) is 0 Å². The first kappa shape index (κ1) is 45.6. The fraction of sp³-hybridized carbons (Fsp3) is 0.629. The van der Waals surface area contributed by atoms with Crippen molar-refractivity contribution < 1.29 is 29.1 Å². The van der Waals surface area contributed by atoms with Crippen LogP contribution in [0.1, 0.15) is 66.4 Å². The molecule has 1 heterocycles. The summed E-state index contributed by atoms with van der Waals surface area (Å²) in [5.74, 6) is -3.02. The number of para-hydroxylation sites is 1. The van der Waals surface area contributed by atoms with Crippen molar-refractivity contribution in [2.45, 2.75) is 101 Å². The number of nitrogens with one attached hydrogen (secondary N) is 5. The van der Waals surface area contributed by atoms with Crippen LogP contribution in [0.5, 0.6) is 0 Å². The molecule has 52 heavy (non-hydrogen) atoms. The van der Waals surface area contributed by atoms with Crippen LogP contribution in [0.4, 0.5) is 0 Å². The second-order valence-corrected chi connectivity index (χ2v) is 21.1. The topological polar surface area (TPSA) is 199 Å². The molecular weight excluding hydrogens is 743 g/mol. The average molecular weight is 800 g/mol. The number of hydrogen-bond acceptors (Lipinski definition) is 11. The predicted octanol–water partition coefficient (Wildman–Crippen LogP) is 3.78. The second-order valence-electron chi connectivity index (χ2n) is 14.7. The summed E-state index contributed by atoms with van der Waals surface area (Å²) in [5, 5.41) is 21.5. The lowest BCUT2D eigenvalue weighted by Gasteiger charge is -2.25. The van der Waals surface area contributed by atoms with Crippen LogP contribution in [0.3, 0.4) is 0 Å². The summed E-state index contributed by atoms with van der Waals surface area (Å²) in [6, 6.07) is 3.34. The molecule has 1 aromatic heterocycles. The van der Waals surface area contributed by atoms with Gasteiger partial charge in [-0.2, -0.15) is 0 Å². The Labute approximate surface area is 323 Å². The van der Waals surface area contributed by atoms with E-state index in [9.17, 15) is 29.1 Å². The van der Waals surface area contributed by atoms with Crippen LogP contribution in [0.2, 0.25) is 0 Å². The Hall–Kier alpha value is -2.57. The lowest BCUT2D eigenvalue weighted by molar-refractivity contribution is -0.141. The van der Waals surface area contributed by atoms with Crippen molar-refractivity contribution in [1.82, 2.24) is 31.2 Å². The highest BCUT2D eigenvalue weighted by Gasteiger charge is 2.31. The van der Waals surface area contributed by atoms with Crippen molar-refractivity contribution in [3.63, 3.8) is 0 Å². The average Bonchev–Trinajstić information content (AvgIpc) is 3.45. The Morgan fingerprint density at radius 2 is 1.42 bits per heavy atom. The zero-order valence-corrected chi connectivity index (χ0v) is 34.8. The van der Waals surface area contributed by atoms with E-state index in [4.69, 9.17) is 5.73 Å². The lowest BCUT2D eigenvalue weighted by Crippen LogP contribution is -2.57. The number of amides is 4. The van der Waals surface area contributed by atoms with Gasteiger partial charge in [-0.25, -0.2) is 4.79 Å². The van der Waals surface area contributed by atoms with Gasteiger partial charge in [0.2, 0.25) is 23.6 Å². The second kappa shape index (κ2) is 22.0. The van der Waals surface area contributed by atoms with Gasteiger partial charge in [0, 0.05) is 44.5 Å². The number of carboxylic acid groups (broad SMARTS) is 1. The maximum atomic E-state index is 13.9. The number of unbranched alkanes of at least 4 members (excludes halogenated alkanes) is 1. The molecule has 4 atom stereocenters. The largest absolute Gasteiger partial charge is 0.480 e.